The lowest BCUT2D eigenvalue weighted by molar-refractivity contribution is -0.322. The molecule has 5 atom stereocenters. The quantitative estimate of drug-likeness (QED) is 0.517. The van der Waals surface area contributed by atoms with Crippen molar-refractivity contribution in [3.63, 3.8) is 0 Å². The number of hydrogen-bond acceptors (Lipinski definition) is 8. The van der Waals surface area contributed by atoms with E-state index in [1.54, 1.807) is 25.1 Å². The minimum Gasteiger partial charge on any atom is -0.494 e. The van der Waals surface area contributed by atoms with Crippen LogP contribution in [-0.2, 0) is 31.2 Å². The number of carbonyl (C=O) groups is 1. The summed E-state index contributed by atoms with van der Waals surface area (Å²) >= 11 is 6.44. The van der Waals surface area contributed by atoms with Gasteiger partial charge < -0.3 is 34.3 Å². The van der Waals surface area contributed by atoms with Crippen molar-refractivity contribution in [3.8, 4) is 5.75 Å². The van der Waals surface area contributed by atoms with Gasteiger partial charge in [-0.15, -0.1) is 0 Å². The summed E-state index contributed by atoms with van der Waals surface area (Å²) in [4.78, 5) is 12.6. The van der Waals surface area contributed by atoms with Crippen molar-refractivity contribution in [1.29, 1.82) is 0 Å². The molecule has 2 aromatic rings. The van der Waals surface area contributed by atoms with Crippen LogP contribution >= 0.6 is 11.6 Å². The predicted octanol–water partition coefficient (Wildman–Crippen LogP) is 1.93. The highest BCUT2D eigenvalue weighted by Gasteiger charge is 2.71. The van der Waals surface area contributed by atoms with E-state index < -0.39 is 42.3 Å². The second kappa shape index (κ2) is 9.21. The van der Waals surface area contributed by atoms with E-state index in [0.29, 0.717) is 23.6 Å². The standard InChI is InChI=1S/C24H27ClO8/c1-3-30-17-8-5-14(6-9-17)11-15-12-16(7-10-18(15)25)24-21(28)19(26)20(27)23(33-24,13-32-24)22(29)31-4-2/h5-10,12,19-21,26-28H,3-4,11,13H2,1-2H3/t19-,20-,21+,23-,24-/m0/s1. The van der Waals surface area contributed by atoms with Crippen LogP contribution < -0.4 is 4.74 Å². The highest BCUT2D eigenvalue weighted by atomic mass is 35.5. The lowest BCUT2D eigenvalue weighted by Crippen LogP contribution is -2.67. The molecule has 0 aliphatic carbocycles. The zero-order chi connectivity index (χ0) is 23.8. The van der Waals surface area contributed by atoms with Crippen molar-refractivity contribution in [2.75, 3.05) is 19.8 Å². The minimum atomic E-state index is -1.95. The number of carbonyl (C=O) groups excluding carboxylic acids is 1. The number of aliphatic hydroxyl groups is 3. The van der Waals surface area contributed by atoms with Gasteiger partial charge in [-0.25, -0.2) is 4.79 Å². The summed E-state index contributed by atoms with van der Waals surface area (Å²) in [5, 5.41) is 32.4. The summed E-state index contributed by atoms with van der Waals surface area (Å²) in [5.41, 5.74) is 0.103. The lowest BCUT2D eigenvalue weighted by Gasteiger charge is -2.45. The van der Waals surface area contributed by atoms with Crippen LogP contribution in [0.15, 0.2) is 42.5 Å². The molecule has 0 aromatic heterocycles. The number of hydrogen-bond donors (Lipinski definition) is 3. The van der Waals surface area contributed by atoms with Crippen LogP contribution in [0, 0.1) is 0 Å². The summed E-state index contributed by atoms with van der Waals surface area (Å²) in [6.07, 6.45) is -4.61. The molecular weight excluding hydrogens is 452 g/mol. The highest BCUT2D eigenvalue weighted by Crippen LogP contribution is 2.50. The van der Waals surface area contributed by atoms with E-state index in [0.717, 1.165) is 16.9 Å². The Hall–Kier alpha value is -2.20. The smallest absolute Gasteiger partial charge is 0.343 e. The van der Waals surface area contributed by atoms with Crippen LogP contribution in [0.25, 0.3) is 0 Å². The number of halogens is 1. The Morgan fingerprint density at radius 3 is 2.48 bits per heavy atom. The summed E-state index contributed by atoms with van der Waals surface area (Å²) in [6.45, 7) is 3.77. The Balaban J connectivity index is 1.67. The number of esters is 1. The molecular formula is C24H27ClO8. The molecule has 0 spiro atoms. The Labute approximate surface area is 196 Å². The summed E-state index contributed by atoms with van der Waals surface area (Å²) in [7, 11) is 0. The molecule has 178 valence electrons. The third-order valence-corrected chi connectivity index (χ3v) is 6.42. The summed E-state index contributed by atoms with van der Waals surface area (Å²) in [6, 6.07) is 12.5. The first-order valence-electron chi connectivity index (χ1n) is 10.8. The normalized spacial score (nSPS) is 30.8. The van der Waals surface area contributed by atoms with Gasteiger partial charge in [0.2, 0.25) is 11.4 Å². The van der Waals surface area contributed by atoms with Gasteiger partial charge in [0, 0.05) is 10.6 Å². The molecule has 8 nitrogen and oxygen atoms in total. The largest absolute Gasteiger partial charge is 0.494 e. The molecule has 2 aliphatic heterocycles. The van der Waals surface area contributed by atoms with Crippen molar-refractivity contribution in [2.45, 2.75) is 50.0 Å². The molecule has 3 N–H and O–H groups in total. The second-order valence-corrected chi connectivity index (χ2v) is 8.52. The van der Waals surface area contributed by atoms with Gasteiger partial charge in [0.25, 0.3) is 0 Å². The van der Waals surface area contributed by atoms with E-state index in [2.05, 4.69) is 0 Å². The van der Waals surface area contributed by atoms with Gasteiger partial charge in [-0.2, -0.15) is 0 Å². The molecule has 2 saturated heterocycles. The van der Waals surface area contributed by atoms with Gasteiger partial charge in [0.05, 0.1) is 19.8 Å². The molecule has 0 saturated carbocycles. The van der Waals surface area contributed by atoms with Crippen LogP contribution in [0.3, 0.4) is 0 Å². The Kier molecular flexibility index (Phi) is 6.68. The highest BCUT2D eigenvalue weighted by molar-refractivity contribution is 6.31. The van der Waals surface area contributed by atoms with Crippen molar-refractivity contribution in [3.05, 3.63) is 64.2 Å². The van der Waals surface area contributed by atoms with E-state index in [4.69, 9.17) is 30.5 Å². The molecule has 2 bridgehead atoms. The van der Waals surface area contributed by atoms with Crippen molar-refractivity contribution < 1.29 is 39.1 Å². The Morgan fingerprint density at radius 2 is 1.82 bits per heavy atom. The fourth-order valence-corrected chi connectivity index (χ4v) is 4.50. The Morgan fingerprint density at radius 1 is 1.09 bits per heavy atom. The van der Waals surface area contributed by atoms with Crippen LogP contribution in [0.1, 0.15) is 30.5 Å². The van der Waals surface area contributed by atoms with Gasteiger partial charge in [-0.05, 0) is 55.7 Å². The van der Waals surface area contributed by atoms with Crippen molar-refractivity contribution >= 4 is 17.6 Å². The van der Waals surface area contributed by atoms with E-state index in [1.807, 2.05) is 31.2 Å². The van der Waals surface area contributed by atoms with E-state index in [-0.39, 0.29) is 6.61 Å². The minimum absolute atomic E-state index is 0.0511. The molecule has 2 heterocycles. The number of benzene rings is 2. The topological polar surface area (TPSA) is 115 Å². The third-order valence-electron chi connectivity index (χ3n) is 6.05. The molecule has 2 fully saturated rings. The fraction of sp³-hybridized carbons (Fsp3) is 0.458. The monoisotopic (exact) mass is 478 g/mol. The molecule has 2 aliphatic rings. The molecule has 2 aromatic carbocycles. The van der Waals surface area contributed by atoms with Crippen molar-refractivity contribution in [2.24, 2.45) is 0 Å². The first-order valence-corrected chi connectivity index (χ1v) is 11.2. The number of ether oxygens (including phenoxy) is 4. The zero-order valence-corrected chi connectivity index (χ0v) is 19.1. The van der Waals surface area contributed by atoms with E-state index in [9.17, 15) is 20.1 Å². The van der Waals surface area contributed by atoms with Crippen LogP contribution in [0.5, 0.6) is 5.75 Å². The van der Waals surface area contributed by atoms with E-state index in [1.165, 1.54) is 0 Å². The average Bonchev–Trinajstić information content (AvgIpc) is 3.20. The third kappa shape index (κ3) is 4.01. The predicted molar refractivity (Wildman–Crippen MR) is 118 cm³/mol. The van der Waals surface area contributed by atoms with Crippen LogP contribution in [-0.4, -0.2) is 65.0 Å². The van der Waals surface area contributed by atoms with Crippen LogP contribution in [0.2, 0.25) is 5.02 Å². The number of rotatable bonds is 7. The summed E-state index contributed by atoms with van der Waals surface area (Å²) in [5.74, 6) is -1.97. The van der Waals surface area contributed by atoms with Gasteiger partial charge in [-0.3, -0.25) is 0 Å². The van der Waals surface area contributed by atoms with Crippen LogP contribution in [0.4, 0.5) is 0 Å². The fourth-order valence-electron chi connectivity index (χ4n) is 4.31. The maximum absolute atomic E-state index is 12.6. The SMILES string of the molecule is CCOC(=O)[C@@]12CO[C@@](c3ccc(Cl)c(Cc4ccc(OCC)cc4)c3)(O1)[C@H](O)[C@@H](O)[C@@H]2O. The maximum Gasteiger partial charge on any atom is 0.343 e. The van der Waals surface area contributed by atoms with Gasteiger partial charge in [-0.1, -0.05) is 29.8 Å². The van der Waals surface area contributed by atoms with Crippen molar-refractivity contribution in [1.82, 2.24) is 0 Å². The second-order valence-electron chi connectivity index (χ2n) is 8.11. The van der Waals surface area contributed by atoms with Gasteiger partial charge >= 0.3 is 5.97 Å². The molecule has 0 radical (unpaired) electrons. The zero-order valence-electron chi connectivity index (χ0n) is 18.4. The molecule has 0 unspecified atom stereocenters. The van der Waals surface area contributed by atoms with Gasteiger partial charge in [0.15, 0.2) is 0 Å². The number of aliphatic hydroxyl groups excluding tert-OH is 3. The lowest BCUT2D eigenvalue weighted by atomic mass is 9.83. The Bertz CT molecular complexity index is 1010. The first-order chi connectivity index (χ1) is 15.8. The van der Waals surface area contributed by atoms with Gasteiger partial charge in [0.1, 0.15) is 24.1 Å². The molecule has 9 heteroatoms. The molecule has 0 amide bonds. The number of fused-ring (bicyclic) bond motifs is 2. The average molecular weight is 479 g/mol. The summed E-state index contributed by atoms with van der Waals surface area (Å²) < 4.78 is 22.3. The molecule has 4 rings (SSSR count). The van der Waals surface area contributed by atoms with E-state index >= 15 is 0 Å². The first kappa shape index (κ1) is 23.9. The maximum atomic E-state index is 12.6. The molecule has 33 heavy (non-hydrogen) atoms.